The first-order valence-electron chi connectivity index (χ1n) is 6.66. The molecule has 1 aliphatic carbocycles. The van der Waals surface area contributed by atoms with E-state index in [2.05, 4.69) is 0 Å². The van der Waals surface area contributed by atoms with E-state index in [4.69, 9.17) is 9.47 Å². The van der Waals surface area contributed by atoms with E-state index in [1.165, 1.54) is 0 Å². The number of rotatable bonds is 4. The molecule has 18 heavy (non-hydrogen) atoms. The maximum absolute atomic E-state index is 9.45. The third kappa shape index (κ3) is 3.47. The van der Waals surface area contributed by atoms with Crippen LogP contribution in [0.15, 0.2) is 24.3 Å². The number of benzene rings is 1. The van der Waals surface area contributed by atoms with Gasteiger partial charge in [0.1, 0.15) is 11.9 Å². The summed E-state index contributed by atoms with van der Waals surface area (Å²) in [4.78, 5) is 0. The van der Waals surface area contributed by atoms with Crippen LogP contribution >= 0.6 is 0 Å². The Kier molecular flexibility index (Phi) is 4.61. The highest BCUT2D eigenvalue weighted by Gasteiger charge is 2.22. The number of aliphatic hydroxyl groups is 1. The van der Waals surface area contributed by atoms with Gasteiger partial charge in [0.15, 0.2) is 0 Å². The molecule has 1 N–H and O–H groups in total. The van der Waals surface area contributed by atoms with E-state index in [0.717, 1.165) is 37.0 Å². The molecule has 1 aromatic rings. The molecule has 0 heterocycles. The van der Waals surface area contributed by atoms with Crippen molar-refractivity contribution >= 4 is 0 Å². The minimum atomic E-state index is -0.424. The number of hydrogen-bond acceptors (Lipinski definition) is 3. The van der Waals surface area contributed by atoms with E-state index in [1.54, 1.807) is 14.0 Å². The van der Waals surface area contributed by atoms with Gasteiger partial charge in [0.25, 0.3) is 0 Å². The first-order chi connectivity index (χ1) is 8.69. The molecule has 0 aliphatic heterocycles. The molecule has 100 valence electrons. The Bertz CT molecular complexity index is 359. The number of hydrogen-bond donors (Lipinski definition) is 1. The van der Waals surface area contributed by atoms with Crippen molar-refractivity contribution in [3.8, 4) is 5.75 Å². The summed E-state index contributed by atoms with van der Waals surface area (Å²) >= 11 is 0. The lowest BCUT2D eigenvalue weighted by molar-refractivity contribution is 0.0209. The van der Waals surface area contributed by atoms with Gasteiger partial charge < -0.3 is 14.6 Å². The van der Waals surface area contributed by atoms with Crippen molar-refractivity contribution in [2.24, 2.45) is 0 Å². The summed E-state index contributed by atoms with van der Waals surface area (Å²) in [5, 5.41) is 9.45. The SMILES string of the molecule is COC1CCCC(Oc2ccc([C@H](C)O)cc2)C1. The van der Waals surface area contributed by atoms with Crippen molar-refractivity contribution in [3.63, 3.8) is 0 Å². The Hall–Kier alpha value is -1.06. The summed E-state index contributed by atoms with van der Waals surface area (Å²) in [6.07, 6.45) is 4.52. The molecule has 0 radical (unpaired) electrons. The minimum Gasteiger partial charge on any atom is -0.490 e. The van der Waals surface area contributed by atoms with Crippen molar-refractivity contribution in [1.29, 1.82) is 0 Å². The Balaban J connectivity index is 1.92. The van der Waals surface area contributed by atoms with Crippen LogP contribution < -0.4 is 4.74 Å². The van der Waals surface area contributed by atoms with Gasteiger partial charge in [0, 0.05) is 13.5 Å². The average molecular weight is 250 g/mol. The molecule has 0 bridgehead atoms. The lowest BCUT2D eigenvalue weighted by Crippen LogP contribution is -2.29. The van der Waals surface area contributed by atoms with Crippen molar-refractivity contribution in [1.82, 2.24) is 0 Å². The van der Waals surface area contributed by atoms with Gasteiger partial charge in [-0.05, 0) is 43.9 Å². The molecule has 0 aromatic heterocycles. The van der Waals surface area contributed by atoms with Crippen LogP contribution in [-0.2, 0) is 4.74 Å². The van der Waals surface area contributed by atoms with Crippen LogP contribution in [0.5, 0.6) is 5.75 Å². The van der Waals surface area contributed by atoms with Crippen molar-refractivity contribution in [2.45, 2.75) is 50.9 Å². The van der Waals surface area contributed by atoms with E-state index < -0.39 is 6.10 Å². The van der Waals surface area contributed by atoms with E-state index >= 15 is 0 Å². The lowest BCUT2D eigenvalue weighted by atomic mass is 9.95. The highest BCUT2D eigenvalue weighted by molar-refractivity contribution is 5.28. The summed E-state index contributed by atoms with van der Waals surface area (Å²) < 4.78 is 11.4. The summed E-state index contributed by atoms with van der Waals surface area (Å²) in [6.45, 7) is 1.76. The summed E-state index contributed by atoms with van der Waals surface area (Å²) in [5.74, 6) is 0.876. The molecule has 3 atom stereocenters. The number of ether oxygens (including phenoxy) is 2. The van der Waals surface area contributed by atoms with Crippen LogP contribution in [0.3, 0.4) is 0 Å². The van der Waals surface area contributed by atoms with Crippen LogP contribution in [0, 0.1) is 0 Å². The first kappa shape index (κ1) is 13.4. The molecular formula is C15H22O3. The maximum atomic E-state index is 9.45. The monoisotopic (exact) mass is 250 g/mol. The predicted octanol–water partition coefficient (Wildman–Crippen LogP) is 3.08. The van der Waals surface area contributed by atoms with Crippen LogP contribution in [0.4, 0.5) is 0 Å². The fourth-order valence-corrected chi connectivity index (χ4v) is 2.44. The second-order valence-corrected chi connectivity index (χ2v) is 5.01. The minimum absolute atomic E-state index is 0.251. The van der Waals surface area contributed by atoms with Gasteiger partial charge in [-0.25, -0.2) is 0 Å². The Labute approximate surface area is 109 Å². The third-order valence-corrected chi connectivity index (χ3v) is 3.58. The standard InChI is InChI=1S/C15H22O3/c1-11(16)12-6-8-13(9-7-12)18-15-5-3-4-14(10-15)17-2/h6-9,11,14-16H,3-5,10H2,1-2H3/t11-,14?,15?/m0/s1. The molecule has 2 unspecified atom stereocenters. The molecule has 3 heteroatoms. The van der Waals surface area contributed by atoms with Crippen molar-refractivity contribution in [3.05, 3.63) is 29.8 Å². The smallest absolute Gasteiger partial charge is 0.119 e. The molecule has 0 amide bonds. The first-order valence-corrected chi connectivity index (χ1v) is 6.66. The van der Waals surface area contributed by atoms with Crippen molar-refractivity contribution < 1.29 is 14.6 Å². The quantitative estimate of drug-likeness (QED) is 0.892. The van der Waals surface area contributed by atoms with Gasteiger partial charge in [-0.3, -0.25) is 0 Å². The van der Waals surface area contributed by atoms with E-state index in [-0.39, 0.29) is 6.10 Å². The Morgan fingerprint density at radius 3 is 2.44 bits per heavy atom. The van der Waals surface area contributed by atoms with Crippen LogP contribution in [0.1, 0.15) is 44.3 Å². The van der Waals surface area contributed by atoms with Gasteiger partial charge in [-0.1, -0.05) is 12.1 Å². The topological polar surface area (TPSA) is 38.7 Å². The zero-order valence-corrected chi connectivity index (χ0v) is 11.1. The summed E-state index contributed by atoms with van der Waals surface area (Å²) in [6, 6.07) is 7.68. The van der Waals surface area contributed by atoms with Gasteiger partial charge in [-0.15, -0.1) is 0 Å². The molecular weight excluding hydrogens is 228 g/mol. The highest BCUT2D eigenvalue weighted by Crippen LogP contribution is 2.26. The largest absolute Gasteiger partial charge is 0.490 e. The summed E-state index contributed by atoms with van der Waals surface area (Å²) in [7, 11) is 1.77. The molecule has 0 saturated heterocycles. The maximum Gasteiger partial charge on any atom is 0.119 e. The normalized spacial score (nSPS) is 25.7. The van der Waals surface area contributed by atoms with E-state index in [0.29, 0.717) is 6.10 Å². The number of aliphatic hydroxyl groups excluding tert-OH is 1. The molecule has 2 rings (SSSR count). The lowest BCUT2D eigenvalue weighted by Gasteiger charge is -2.28. The zero-order valence-electron chi connectivity index (χ0n) is 11.1. The molecule has 1 aromatic carbocycles. The van der Waals surface area contributed by atoms with E-state index in [9.17, 15) is 5.11 Å². The van der Waals surface area contributed by atoms with Gasteiger partial charge in [0.05, 0.1) is 12.2 Å². The van der Waals surface area contributed by atoms with Crippen molar-refractivity contribution in [2.75, 3.05) is 7.11 Å². The average Bonchev–Trinajstić information content (AvgIpc) is 2.39. The molecule has 1 aliphatic rings. The van der Waals surface area contributed by atoms with Crippen LogP contribution in [0.25, 0.3) is 0 Å². The highest BCUT2D eigenvalue weighted by atomic mass is 16.5. The van der Waals surface area contributed by atoms with Gasteiger partial charge in [0.2, 0.25) is 0 Å². The van der Waals surface area contributed by atoms with Crippen LogP contribution in [-0.4, -0.2) is 24.4 Å². The zero-order chi connectivity index (χ0) is 13.0. The predicted molar refractivity (Wildman–Crippen MR) is 70.8 cm³/mol. The Morgan fingerprint density at radius 1 is 1.17 bits per heavy atom. The fourth-order valence-electron chi connectivity index (χ4n) is 2.44. The molecule has 1 fully saturated rings. The molecule has 0 spiro atoms. The van der Waals surface area contributed by atoms with Gasteiger partial charge in [-0.2, -0.15) is 0 Å². The number of methoxy groups -OCH3 is 1. The molecule has 1 saturated carbocycles. The summed E-state index contributed by atoms with van der Waals surface area (Å²) in [5.41, 5.74) is 0.917. The Morgan fingerprint density at radius 2 is 1.83 bits per heavy atom. The van der Waals surface area contributed by atoms with Crippen LogP contribution in [0.2, 0.25) is 0 Å². The van der Waals surface area contributed by atoms with E-state index in [1.807, 2.05) is 24.3 Å². The third-order valence-electron chi connectivity index (χ3n) is 3.58. The molecule has 3 nitrogen and oxygen atoms in total. The second kappa shape index (κ2) is 6.21. The second-order valence-electron chi connectivity index (χ2n) is 5.01. The van der Waals surface area contributed by atoms with Gasteiger partial charge >= 0.3 is 0 Å². The fraction of sp³-hybridized carbons (Fsp3) is 0.600.